The minimum atomic E-state index is -3.27. The van der Waals surface area contributed by atoms with Crippen molar-refractivity contribution in [2.75, 3.05) is 0 Å². The summed E-state index contributed by atoms with van der Waals surface area (Å²) >= 11 is -3.27. The predicted octanol–water partition coefficient (Wildman–Crippen LogP) is 5.86. The number of hydrogen-bond donors (Lipinski definition) is 0. The van der Waals surface area contributed by atoms with E-state index in [9.17, 15) is 0 Å². The van der Waals surface area contributed by atoms with E-state index in [0.29, 0.717) is 5.92 Å². The summed E-state index contributed by atoms with van der Waals surface area (Å²) in [7, 11) is 18.3. The van der Waals surface area contributed by atoms with E-state index in [0.717, 1.165) is 10.9 Å². The van der Waals surface area contributed by atoms with E-state index in [1.54, 1.807) is 0 Å². The van der Waals surface area contributed by atoms with Crippen LogP contribution in [0, 0.1) is 0 Å². The summed E-state index contributed by atoms with van der Waals surface area (Å²) in [4.78, 5) is 0. The molecule has 2 aromatic rings. The Morgan fingerprint density at radius 3 is 1.53 bits per heavy atom. The van der Waals surface area contributed by atoms with Crippen molar-refractivity contribution in [3.8, 4) is 0 Å². The van der Waals surface area contributed by atoms with Crippen LogP contribution in [0.1, 0.15) is 23.5 Å². The molecule has 0 spiro atoms. The van der Waals surface area contributed by atoms with Gasteiger partial charge in [0, 0.05) is 0 Å². The van der Waals surface area contributed by atoms with E-state index >= 15 is 0 Å². The molecule has 100 valence electrons. The van der Waals surface area contributed by atoms with Crippen LogP contribution in [0.4, 0.5) is 0 Å². The van der Waals surface area contributed by atoms with Crippen LogP contribution in [-0.4, -0.2) is 15.0 Å². The molecule has 0 N–H and O–H groups in total. The van der Waals surface area contributed by atoms with Crippen molar-refractivity contribution in [1.82, 2.24) is 0 Å². The van der Waals surface area contributed by atoms with Gasteiger partial charge in [-0.3, -0.25) is 0 Å². The van der Waals surface area contributed by atoms with E-state index in [2.05, 4.69) is 48.5 Å². The van der Waals surface area contributed by atoms with E-state index in [1.807, 2.05) is 12.1 Å². The Bertz CT molecular complexity index is 454. The van der Waals surface area contributed by atoms with Crippen molar-refractivity contribution in [3.63, 3.8) is 0 Å². The van der Waals surface area contributed by atoms with Gasteiger partial charge < -0.3 is 0 Å². The van der Waals surface area contributed by atoms with Gasteiger partial charge >= 0.3 is 130 Å². The fourth-order valence-corrected chi connectivity index (χ4v) is 6.16. The summed E-state index contributed by atoms with van der Waals surface area (Å²) < 4.78 is 0.744. The Hall–Kier alpha value is 0.109. The second-order valence-electron chi connectivity index (χ2n) is 4.53. The van der Waals surface area contributed by atoms with Crippen LogP contribution in [0.3, 0.4) is 0 Å². The molecule has 0 fully saturated rings. The van der Waals surface area contributed by atoms with Crippen LogP contribution in [0.15, 0.2) is 60.7 Å². The fourth-order valence-electron chi connectivity index (χ4n) is 2.20. The topological polar surface area (TPSA) is 0 Å². The Morgan fingerprint density at radius 2 is 1.16 bits per heavy atom. The Morgan fingerprint density at radius 1 is 0.737 bits per heavy atom. The molecule has 2 rings (SSSR count). The second-order valence-corrected chi connectivity index (χ2v) is 26.3. The quantitative estimate of drug-likeness (QED) is 0.532. The molecule has 19 heavy (non-hydrogen) atoms. The SMILES string of the molecule is [Cl][Sn]([Cl])([Cl])[CH2]CC(c1ccccc1)c1ccccc1. The normalized spacial score (nSPS) is 11.8. The molecule has 4 heteroatoms. The Kier molecular flexibility index (Phi) is 5.88. The first-order valence-corrected chi connectivity index (χ1v) is 19.1. The molecule has 0 unspecified atom stereocenters. The van der Waals surface area contributed by atoms with Crippen molar-refractivity contribution < 1.29 is 0 Å². The van der Waals surface area contributed by atoms with Gasteiger partial charge in [0.2, 0.25) is 0 Å². The zero-order valence-electron chi connectivity index (χ0n) is 10.4. The summed E-state index contributed by atoms with van der Waals surface area (Å²) in [5.41, 5.74) is 2.57. The molecular formula is C15H15Cl3Sn. The van der Waals surface area contributed by atoms with Gasteiger partial charge in [0.25, 0.3) is 0 Å². The second kappa shape index (κ2) is 7.21. The molecule has 0 aliphatic rings. The Balaban J connectivity index is 2.24. The predicted molar refractivity (Wildman–Crippen MR) is 87.5 cm³/mol. The van der Waals surface area contributed by atoms with E-state index in [-0.39, 0.29) is 0 Å². The van der Waals surface area contributed by atoms with Crippen LogP contribution in [0.5, 0.6) is 0 Å². The third-order valence-electron chi connectivity index (χ3n) is 3.12. The molecule has 0 nitrogen and oxygen atoms in total. The summed E-state index contributed by atoms with van der Waals surface area (Å²) in [6.45, 7) is 0. The monoisotopic (exact) mass is 420 g/mol. The maximum absolute atomic E-state index is 6.09. The molecule has 0 atom stereocenters. The summed E-state index contributed by atoms with van der Waals surface area (Å²) in [6.07, 6.45) is 0.903. The molecule has 0 heterocycles. The van der Waals surface area contributed by atoms with Crippen LogP contribution in [-0.2, 0) is 0 Å². The first-order valence-electron chi connectivity index (χ1n) is 6.23. The fraction of sp³-hybridized carbons (Fsp3) is 0.200. The number of benzene rings is 2. The van der Waals surface area contributed by atoms with Gasteiger partial charge in [0.1, 0.15) is 0 Å². The standard InChI is InChI=1S/C15H15.3ClH.Sn/c1-2-15(13-9-5-3-6-10-13)14-11-7-4-8-12-14;;;;/h3-12,15H,1-2H2;3*1H;/q;;;;+3/p-3. The number of rotatable bonds is 5. The number of hydrogen-bond acceptors (Lipinski definition) is 0. The van der Waals surface area contributed by atoms with Crippen molar-refractivity contribution >= 4 is 41.8 Å². The van der Waals surface area contributed by atoms with Crippen LogP contribution < -0.4 is 0 Å². The van der Waals surface area contributed by atoms with Gasteiger partial charge in [0.05, 0.1) is 0 Å². The van der Waals surface area contributed by atoms with Crippen LogP contribution in [0.25, 0.3) is 0 Å². The van der Waals surface area contributed by atoms with Crippen LogP contribution >= 0.6 is 26.8 Å². The zero-order valence-corrected chi connectivity index (χ0v) is 15.5. The van der Waals surface area contributed by atoms with Gasteiger partial charge in [-0.05, 0) is 0 Å². The molecule has 0 bridgehead atoms. The zero-order chi connectivity index (χ0) is 13.7. The van der Waals surface area contributed by atoms with Gasteiger partial charge in [-0.25, -0.2) is 0 Å². The average Bonchev–Trinajstić information content (AvgIpc) is 2.40. The maximum atomic E-state index is 6.09. The molecule has 0 aliphatic carbocycles. The molecular weight excluding hydrogens is 405 g/mol. The van der Waals surface area contributed by atoms with Gasteiger partial charge in [-0.2, -0.15) is 0 Å². The first-order chi connectivity index (χ1) is 9.06. The molecule has 0 aromatic heterocycles. The van der Waals surface area contributed by atoms with E-state index < -0.39 is 15.0 Å². The first kappa shape index (κ1) is 15.5. The van der Waals surface area contributed by atoms with Crippen molar-refractivity contribution in [3.05, 3.63) is 71.8 Å². The summed E-state index contributed by atoms with van der Waals surface area (Å²) in [5, 5.41) is 0. The van der Waals surface area contributed by atoms with Gasteiger partial charge in [-0.15, -0.1) is 0 Å². The minimum absolute atomic E-state index is 0.315. The average molecular weight is 420 g/mol. The van der Waals surface area contributed by atoms with Crippen molar-refractivity contribution in [2.45, 2.75) is 16.8 Å². The van der Waals surface area contributed by atoms with Crippen LogP contribution in [0.2, 0.25) is 4.44 Å². The molecule has 0 saturated carbocycles. The van der Waals surface area contributed by atoms with E-state index in [1.165, 1.54) is 11.1 Å². The Labute approximate surface area is 129 Å². The molecule has 2 aromatic carbocycles. The summed E-state index contributed by atoms with van der Waals surface area (Å²) in [5.74, 6) is 0.315. The third-order valence-corrected chi connectivity index (χ3v) is 9.37. The molecule has 0 amide bonds. The van der Waals surface area contributed by atoms with Gasteiger partial charge in [0.15, 0.2) is 0 Å². The summed E-state index contributed by atoms with van der Waals surface area (Å²) in [6, 6.07) is 20.9. The van der Waals surface area contributed by atoms with Crippen molar-refractivity contribution in [2.24, 2.45) is 0 Å². The number of halogens is 3. The van der Waals surface area contributed by atoms with E-state index in [4.69, 9.17) is 26.8 Å². The molecule has 0 radical (unpaired) electrons. The molecule has 0 saturated heterocycles. The molecule has 0 aliphatic heterocycles. The third kappa shape index (κ3) is 5.18. The van der Waals surface area contributed by atoms with Gasteiger partial charge in [-0.1, -0.05) is 0 Å². The van der Waals surface area contributed by atoms with Crippen molar-refractivity contribution in [1.29, 1.82) is 0 Å².